The molecule has 0 saturated carbocycles. The third-order valence-corrected chi connectivity index (χ3v) is 3.58. The van der Waals surface area contributed by atoms with E-state index in [0.29, 0.717) is 6.54 Å². The number of sulfonamides is 1. The molecule has 0 fully saturated rings. The van der Waals surface area contributed by atoms with Gasteiger partial charge in [-0.15, -0.1) is 0 Å². The Balaban J connectivity index is 2.09. The largest absolute Gasteiger partial charge is 0.346 e. The maximum atomic E-state index is 11.1. The Labute approximate surface area is 114 Å². The van der Waals surface area contributed by atoms with Crippen LogP contribution in [0, 0.1) is 6.92 Å². The van der Waals surface area contributed by atoms with E-state index in [0.717, 1.165) is 12.2 Å². The fourth-order valence-corrected chi connectivity index (χ4v) is 2.27. The fourth-order valence-electron chi connectivity index (χ4n) is 1.86. The molecule has 0 atom stereocenters. The number of aromatic nitrogens is 1. The molecule has 19 heavy (non-hydrogen) atoms. The molecule has 2 rings (SSSR count). The predicted octanol–water partition coefficient (Wildman–Crippen LogP) is 1.89. The van der Waals surface area contributed by atoms with Crippen molar-refractivity contribution in [3.63, 3.8) is 0 Å². The van der Waals surface area contributed by atoms with Gasteiger partial charge >= 0.3 is 0 Å². The number of aryl methyl sites for hydroxylation is 1. The van der Waals surface area contributed by atoms with Crippen LogP contribution in [0.5, 0.6) is 0 Å². The minimum Gasteiger partial charge on any atom is -0.346 e. The van der Waals surface area contributed by atoms with Crippen molar-refractivity contribution in [3.05, 3.63) is 59.4 Å². The van der Waals surface area contributed by atoms with Crippen LogP contribution < -0.4 is 4.72 Å². The van der Waals surface area contributed by atoms with Crippen LogP contribution in [-0.4, -0.2) is 19.2 Å². The van der Waals surface area contributed by atoms with Crippen molar-refractivity contribution in [2.24, 2.45) is 0 Å². The minimum absolute atomic E-state index is 0.317. The Morgan fingerprint density at radius 3 is 2.47 bits per heavy atom. The smallest absolute Gasteiger partial charge is 0.209 e. The highest BCUT2D eigenvalue weighted by Crippen LogP contribution is 2.09. The van der Waals surface area contributed by atoms with Gasteiger partial charge in [-0.3, -0.25) is 0 Å². The Morgan fingerprint density at radius 1 is 1.16 bits per heavy atom. The number of hydrogen-bond acceptors (Lipinski definition) is 2. The summed E-state index contributed by atoms with van der Waals surface area (Å²) in [7, 11) is -3.16. The molecule has 5 heteroatoms. The van der Waals surface area contributed by atoms with Gasteiger partial charge in [-0.25, -0.2) is 13.1 Å². The summed E-state index contributed by atoms with van der Waals surface area (Å²) in [5.41, 5.74) is 3.38. The molecule has 1 N–H and O–H groups in total. The molecule has 0 amide bonds. The van der Waals surface area contributed by atoms with E-state index >= 15 is 0 Å². The van der Waals surface area contributed by atoms with Crippen molar-refractivity contribution in [2.45, 2.75) is 20.0 Å². The monoisotopic (exact) mass is 278 g/mol. The van der Waals surface area contributed by atoms with E-state index in [1.165, 1.54) is 17.4 Å². The van der Waals surface area contributed by atoms with Gasteiger partial charge in [0.05, 0.1) is 12.8 Å². The third kappa shape index (κ3) is 4.22. The van der Waals surface area contributed by atoms with Gasteiger partial charge in [-0.2, -0.15) is 0 Å². The van der Waals surface area contributed by atoms with Crippen LogP contribution in [0.3, 0.4) is 0 Å². The lowest BCUT2D eigenvalue weighted by Gasteiger charge is -2.10. The van der Waals surface area contributed by atoms with Gasteiger partial charge in [-0.05, 0) is 24.6 Å². The Morgan fingerprint density at radius 2 is 1.84 bits per heavy atom. The SMILES string of the molecule is Cc1ccc(Cn2cccc2CNS(C)(=O)=O)cc1. The first-order chi connectivity index (χ1) is 8.94. The molecule has 1 heterocycles. The topological polar surface area (TPSA) is 51.1 Å². The van der Waals surface area contributed by atoms with Gasteiger partial charge < -0.3 is 4.57 Å². The molecule has 0 unspecified atom stereocenters. The lowest BCUT2D eigenvalue weighted by molar-refractivity contribution is 0.584. The van der Waals surface area contributed by atoms with Crippen molar-refractivity contribution in [2.75, 3.05) is 6.26 Å². The van der Waals surface area contributed by atoms with Crippen molar-refractivity contribution in [1.82, 2.24) is 9.29 Å². The summed E-state index contributed by atoms with van der Waals surface area (Å²) >= 11 is 0. The molecule has 0 spiro atoms. The summed E-state index contributed by atoms with van der Waals surface area (Å²) in [6.07, 6.45) is 3.12. The van der Waals surface area contributed by atoms with Crippen molar-refractivity contribution in [1.29, 1.82) is 0 Å². The second-order valence-electron chi connectivity index (χ2n) is 4.71. The van der Waals surface area contributed by atoms with Gasteiger partial charge in [0.25, 0.3) is 0 Å². The highest BCUT2D eigenvalue weighted by molar-refractivity contribution is 7.88. The molecule has 1 aromatic carbocycles. The normalized spacial score (nSPS) is 11.7. The molecule has 2 aromatic rings. The van der Waals surface area contributed by atoms with Gasteiger partial charge in [0.1, 0.15) is 0 Å². The molecular formula is C14H18N2O2S. The molecule has 1 aromatic heterocycles. The second kappa shape index (κ2) is 5.59. The molecule has 0 radical (unpaired) electrons. The zero-order valence-corrected chi connectivity index (χ0v) is 11.9. The molecule has 102 valence electrons. The van der Waals surface area contributed by atoms with Crippen LogP contribution in [0.2, 0.25) is 0 Å². The standard InChI is InChI=1S/C14H18N2O2S/c1-12-5-7-13(8-6-12)11-16-9-3-4-14(16)10-15-19(2,17)18/h3-9,15H,10-11H2,1-2H3. The van der Waals surface area contributed by atoms with Gasteiger partial charge in [0.15, 0.2) is 0 Å². The van der Waals surface area contributed by atoms with E-state index in [4.69, 9.17) is 0 Å². The molecule has 4 nitrogen and oxygen atoms in total. The predicted molar refractivity (Wildman–Crippen MR) is 76.4 cm³/mol. The van der Waals surface area contributed by atoms with Gasteiger partial charge in [-0.1, -0.05) is 29.8 Å². The van der Waals surface area contributed by atoms with Crippen LogP contribution in [0.15, 0.2) is 42.6 Å². The summed E-state index contributed by atoms with van der Waals surface area (Å²) in [4.78, 5) is 0. The Bertz CT molecular complexity index is 642. The summed E-state index contributed by atoms with van der Waals surface area (Å²) in [5, 5.41) is 0. The van der Waals surface area contributed by atoms with E-state index in [1.807, 2.05) is 22.9 Å². The maximum Gasteiger partial charge on any atom is 0.209 e. The Hall–Kier alpha value is -1.59. The van der Waals surface area contributed by atoms with E-state index < -0.39 is 10.0 Å². The first-order valence-corrected chi connectivity index (χ1v) is 7.97. The van der Waals surface area contributed by atoms with E-state index in [-0.39, 0.29) is 0 Å². The van der Waals surface area contributed by atoms with Crippen LogP contribution >= 0.6 is 0 Å². The highest BCUT2D eigenvalue weighted by atomic mass is 32.2. The summed E-state index contributed by atoms with van der Waals surface area (Å²) in [5.74, 6) is 0. The van der Waals surface area contributed by atoms with Crippen LogP contribution in [0.25, 0.3) is 0 Å². The number of benzene rings is 1. The minimum atomic E-state index is -3.16. The molecule has 0 saturated heterocycles. The average Bonchev–Trinajstić information content (AvgIpc) is 2.76. The average molecular weight is 278 g/mol. The zero-order chi connectivity index (χ0) is 13.9. The molecule has 0 aliphatic heterocycles. The maximum absolute atomic E-state index is 11.1. The first-order valence-electron chi connectivity index (χ1n) is 6.08. The summed E-state index contributed by atoms with van der Waals surface area (Å²) in [6, 6.07) is 12.2. The molecule has 0 aliphatic rings. The van der Waals surface area contributed by atoms with E-state index in [9.17, 15) is 8.42 Å². The summed E-state index contributed by atoms with van der Waals surface area (Å²) in [6.45, 7) is 3.12. The lowest BCUT2D eigenvalue weighted by Crippen LogP contribution is -2.22. The number of rotatable bonds is 5. The van der Waals surface area contributed by atoms with Crippen LogP contribution in [-0.2, 0) is 23.1 Å². The molecular weight excluding hydrogens is 260 g/mol. The number of nitrogens with one attached hydrogen (secondary N) is 1. The zero-order valence-electron chi connectivity index (χ0n) is 11.1. The Kier molecular flexibility index (Phi) is 4.07. The lowest BCUT2D eigenvalue weighted by atomic mass is 10.1. The van der Waals surface area contributed by atoms with Gasteiger partial charge in [0.2, 0.25) is 10.0 Å². The van der Waals surface area contributed by atoms with E-state index in [1.54, 1.807) is 0 Å². The second-order valence-corrected chi connectivity index (χ2v) is 6.54. The van der Waals surface area contributed by atoms with Crippen LogP contribution in [0.4, 0.5) is 0 Å². The van der Waals surface area contributed by atoms with Crippen LogP contribution in [0.1, 0.15) is 16.8 Å². The van der Waals surface area contributed by atoms with Crippen molar-refractivity contribution >= 4 is 10.0 Å². The number of nitrogens with zero attached hydrogens (tertiary/aromatic N) is 1. The first kappa shape index (κ1) is 13.8. The third-order valence-electron chi connectivity index (χ3n) is 2.91. The fraction of sp³-hybridized carbons (Fsp3) is 0.286. The number of hydrogen-bond donors (Lipinski definition) is 1. The highest BCUT2D eigenvalue weighted by Gasteiger charge is 2.05. The molecule has 0 bridgehead atoms. The van der Waals surface area contributed by atoms with Gasteiger partial charge in [0, 0.05) is 18.4 Å². The summed E-state index contributed by atoms with van der Waals surface area (Å²) < 4.78 is 26.8. The van der Waals surface area contributed by atoms with Crippen molar-refractivity contribution < 1.29 is 8.42 Å². The quantitative estimate of drug-likeness (QED) is 0.908. The molecule has 0 aliphatic carbocycles. The van der Waals surface area contributed by atoms with Crippen molar-refractivity contribution in [3.8, 4) is 0 Å². The van der Waals surface area contributed by atoms with E-state index in [2.05, 4.69) is 35.9 Å².